The van der Waals surface area contributed by atoms with Crippen LogP contribution in [-0.4, -0.2) is 54.6 Å². The minimum atomic E-state index is -0.624. The van der Waals surface area contributed by atoms with E-state index >= 15 is 0 Å². The molecule has 2 amide bonds. The van der Waals surface area contributed by atoms with Crippen molar-refractivity contribution in [1.82, 2.24) is 4.90 Å². The minimum absolute atomic E-state index is 0.0440. The van der Waals surface area contributed by atoms with Gasteiger partial charge in [0, 0.05) is 17.9 Å². The number of anilines is 2. The van der Waals surface area contributed by atoms with Crippen molar-refractivity contribution in [1.29, 1.82) is 0 Å². The van der Waals surface area contributed by atoms with E-state index in [1.165, 1.54) is 18.3 Å². The highest BCUT2D eigenvalue weighted by molar-refractivity contribution is 6.09. The number of amides is 2. The van der Waals surface area contributed by atoms with Crippen molar-refractivity contribution < 1.29 is 28.6 Å². The van der Waals surface area contributed by atoms with Crippen molar-refractivity contribution in [3.8, 4) is 0 Å². The number of methoxy groups -OCH3 is 1. The zero-order chi connectivity index (χ0) is 21.0. The predicted octanol–water partition coefficient (Wildman–Crippen LogP) is 1.51. The van der Waals surface area contributed by atoms with Crippen LogP contribution in [0, 0.1) is 6.92 Å². The molecule has 1 aromatic carbocycles. The first-order chi connectivity index (χ1) is 14.0. The molecule has 29 heavy (non-hydrogen) atoms. The number of nitrogens with zero attached hydrogens (tertiary/aromatic N) is 1. The molecule has 3 rings (SSSR count). The fourth-order valence-electron chi connectivity index (χ4n) is 2.98. The Kier molecular flexibility index (Phi) is 5.99. The van der Waals surface area contributed by atoms with Crippen LogP contribution in [0.5, 0.6) is 0 Å². The highest BCUT2D eigenvalue weighted by Crippen LogP contribution is 2.28. The summed E-state index contributed by atoms with van der Waals surface area (Å²) in [6.07, 6.45) is 1.41. The van der Waals surface area contributed by atoms with Crippen LogP contribution in [0.15, 0.2) is 52.3 Å². The largest absolute Gasteiger partial charge is 0.466 e. The number of esters is 1. The molecule has 0 atom stereocenters. The maximum absolute atomic E-state index is 12.7. The highest BCUT2D eigenvalue weighted by atomic mass is 16.5. The number of ether oxygens (including phenoxy) is 1. The van der Waals surface area contributed by atoms with E-state index < -0.39 is 17.8 Å². The summed E-state index contributed by atoms with van der Waals surface area (Å²) >= 11 is 0. The van der Waals surface area contributed by atoms with Crippen LogP contribution in [0.4, 0.5) is 11.4 Å². The first kappa shape index (κ1) is 20.2. The van der Waals surface area contributed by atoms with E-state index in [-0.39, 0.29) is 36.7 Å². The van der Waals surface area contributed by atoms with Gasteiger partial charge in [0.05, 0.1) is 32.1 Å². The van der Waals surface area contributed by atoms with E-state index in [0.29, 0.717) is 16.9 Å². The Balaban J connectivity index is 1.87. The summed E-state index contributed by atoms with van der Waals surface area (Å²) in [7, 11) is 1.24. The third-order valence-electron chi connectivity index (χ3n) is 4.54. The molecule has 1 aliphatic rings. The van der Waals surface area contributed by atoms with Crippen molar-refractivity contribution in [2.75, 3.05) is 37.4 Å². The monoisotopic (exact) mass is 399 g/mol. The Hall–Kier alpha value is -3.59. The Morgan fingerprint density at radius 2 is 2.00 bits per heavy atom. The smallest absolute Gasteiger partial charge is 0.337 e. The average molecular weight is 399 g/mol. The second-order valence-electron chi connectivity index (χ2n) is 6.33. The van der Waals surface area contributed by atoms with Crippen LogP contribution in [0.1, 0.15) is 16.1 Å². The van der Waals surface area contributed by atoms with Crippen molar-refractivity contribution in [2.45, 2.75) is 6.92 Å². The maximum atomic E-state index is 12.7. The number of hydrogen-bond acceptors (Lipinski definition) is 7. The maximum Gasteiger partial charge on any atom is 0.337 e. The highest BCUT2D eigenvalue weighted by Gasteiger charge is 2.34. The van der Waals surface area contributed by atoms with Gasteiger partial charge in [0.1, 0.15) is 5.70 Å². The van der Waals surface area contributed by atoms with Gasteiger partial charge in [0.2, 0.25) is 0 Å². The van der Waals surface area contributed by atoms with Crippen LogP contribution in [0.25, 0.3) is 0 Å². The molecule has 9 heteroatoms. The minimum Gasteiger partial charge on any atom is -0.466 e. The number of benzene rings is 1. The molecule has 0 bridgehead atoms. The normalized spacial score (nSPS) is 13.6. The molecule has 0 aliphatic carbocycles. The average Bonchev–Trinajstić information content (AvgIpc) is 3.35. The summed E-state index contributed by atoms with van der Waals surface area (Å²) < 4.78 is 9.87. The predicted molar refractivity (Wildman–Crippen MR) is 104 cm³/mol. The van der Waals surface area contributed by atoms with Crippen LogP contribution < -0.4 is 10.6 Å². The lowest BCUT2D eigenvalue weighted by Crippen LogP contribution is -2.31. The van der Waals surface area contributed by atoms with Gasteiger partial charge in [-0.1, -0.05) is 6.07 Å². The molecule has 0 radical (unpaired) electrons. The Morgan fingerprint density at radius 3 is 2.66 bits per heavy atom. The standard InChI is InChI=1S/C20H21N3O6/c1-12-14(5-3-6-15(12)22-18(25)16-7-4-10-29-16)21-17-13(20(27)28-2)11-23(8-9-24)19(17)26/h3-7,10,21,24H,8-9,11H2,1-2H3,(H,22,25). The van der Waals surface area contributed by atoms with Crippen molar-refractivity contribution in [2.24, 2.45) is 0 Å². The molecule has 2 heterocycles. The first-order valence-corrected chi connectivity index (χ1v) is 8.89. The quantitative estimate of drug-likeness (QED) is 0.604. The van der Waals surface area contributed by atoms with Gasteiger partial charge in [-0.15, -0.1) is 0 Å². The molecule has 9 nitrogen and oxygen atoms in total. The van der Waals surface area contributed by atoms with Gasteiger partial charge < -0.3 is 29.8 Å². The van der Waals surface area contributed by atoms with Crippen molar-refractivity contribution in [3.05, 3.63) is 59.2 Å². The fraction of sp³-hybridized carbons (Fsp3) is 0.250. The molecule has 2 aromatic rings. The Morgan fingerprint density at radius 1 is 1.24 bits per heavy atom. The van der Waals surface area contributed by atoms with E-state index in [9.17, 15) is 14.4 Å². The van der Waals surface area contributed by atoms with Crippen molar-refractivity contribution in [3.63, 3.8) is 0 Å². The number of carbonyl (C=O) groups excluding carboxylic acids is 3. The summed E-state index contributed by atoms with van der Waals surface area (Å²) in [6.45, 7) is 1.69. The van der Waals surface area contributed by atoms with Crippen LogP contribution >= 0.6 is 0 Å². The van der Waals surface area contributed by atoms with Crippen LogP contribution in [-0.2, 0) is 14.3 Å². The van der Waals surface area contributed by atoms with Gasteiger partial charge in [-0.25, -0.2) is 4.79 Å². The molecule has 0 saturated carbocycles. The number of aliphatic hydroxyl groups is 1. The third-order valence-corrected chi connectivity index (χ3v) is 4.54. The fourth-order valence-corrected chi connectivity index (χ4v) is 2.98. The second kappa shape index (κ2) is 8.61. The number of nitrogens with one attached hydrogen (secondary N) is 2. The summed E-state index contributed by atoms with van der Waals surface area (Å²) in [5, 5.41) is 14.9. The molecule has 0 fully saturated rings. The van der Waals surface area contributed by atoms with E-state index in [1.54, 1.807) is 37.3 Å². The number of hydrogen-bond donors (Lipinski definition) is 3. The van der Waals surface area contributed by atoms with Gasteiger partial charge in [-0.2, -0.15) is 0 Å². The number of furan rings is 1. The van der Waals surface area contributed by atoms with E-state index in [2.05, 4.69) is 10.6 Å². The third kappa shape index (κ3) is 4.14. The van der Waals surface area contributed by atoms with Gasteiger partial charge in [-0.05, 0) is 36.8 Å². The van der Waals surface area contributed by atoms with Crippen molar-refractivity contribution >= 4 is 29.2 Å². The number of rotatable bonds is 7. The SMILES string of the molecule is COC(=O)C1=C(Nc2cccc(NC(=O)c3ccco3)c2C)C(=O)N(CCO)C1. The van der Waals surface area contributed by atoms with E-state index in [0.717, 1.165) is 0 Å². The van der Waals surface area contributed by atoms with E-state index in [1.807, 2.05) is 0 Å². The zero-order valence-corrected chi connectivity index (χ0v) is 16.0. The number of carbonyl (C=O) groups is 3. The summed E-state index contributed by atoms with van der Waals surface area (Å²) in [4.78, 5) is 38.4. The zero-order valence-electron chi connectivity index (χ0n) is 16.0. The molecule has 1 aliphatic heterocycles. The summed E-state index contributed by atoms with van der Waals surface area (Å²) in [5.41, 5.74) is 1.99. The molecule has 0 unspecified atom stereocenters. The Bertz CT molecular complexity index is 965. The van der Waals surface area contributed by atoms with Crippen LogP contribution in [0.2, 0.25) is 0 Å². The van der Waals surface area contributed by atoms with Gasteiger partial charge in [0.25, 0.3) is 11.8 Å². The lowest BCUT2D eigenvalue weighted by atomic mass is 10.1. The number of β-amino-alcohol motifs (C(OH)–C–C–N with tert-alkyl or cyclic N) is 1. The topological polar surface area (TPSA) is 121 Å². The molecular weight excluding hydrogens is 378 g/mol. The summed E-state index contributed by atoms with van der Waals surface area (Å²) in [6, 6.07) is 8.31. The summed E-state index contributed by atoms with van der Waals surface area (Å²) in [5.74, 6) is -1.27. The lowest BCUT2D eigenvalue weighted by molar-refractivity contribution is -0.136. The van der Waals surface area contributed by atoms with E-state index in [4.69, 9.17) is 14.3 Å². The second-order valence-corrected chi connectivity index (χ2v) is 6.33. The molecule has 1 aromatic heterocycles. The molecule has 3 N–H and O–H groups in total. The van der Waals surface area contributed by atoms with Gasteiger partial charge in [0.15, 0.2) is 5.76 Å². The van der Waals surface area contributed by atoms with Gasteiger partial charge in [-0.3, -0.25) is 9.59 Å². The Labute approximate surface area is 166 Å². The number of aliphatic hydroxyl groups excluding tert-OH is 1. The van der Waals surface area contributed by atoms with Gasteiger partial charge >= 0.3 is 5.97 Å². The van der Waals surface area contributed by atoms with Crippen LogP contribution in [0.3, 0.4) is 0 Å². The first-order valence-electron chi connectivity index (χ1n) is 8.89. The molecule has 0 saturated heterocycles. The molecule has 0 spiro atoms. The molecular formula is C20H21N3O6. The molecule has 152 valence electrons. The lowest BCUT2D eigenvalue weighted by Gasteiger charge is -2.16.